The van der Waals surface area contributed by atoms with E-state index >= 15 is 0 Å². The second kappa shape index (κ2) is 6.05. The average Bonchev–Trinajstić information content (AvgIpc) is 2.28. The van der Waals surface area contributed by atoms with E-state index in [1.165, 1.54) is 6.20 Å². The van der Waals surface area contributed by atoms with Crippen molar-refractivity contribution in [3.63, 3.8) is 0 Å². The van der Waals surface area contributed by atoms with Crippen LogP contribution in [-0.2, 0) is 0 Å². The van der Waals surface area contributed by atoms with Crippen LogP contribution < -0.4 is 10.6 Å². The summed E-state index contributed by atoms with van der Waals surface area (Å²) in [5.74, 6) is 0.423. The van der Waals surface area contributed by atoms with Crippen molar-refractivity contribution in [3.05, 3.63) is 22.8 Å². The summed E-state index contributed by atoms with van der Waals surface area (Å²) >= 11 is 6.00. The van der Waals surface area contributed by atoms with Gasteiger partial charge in [-0.15, -0.1) is 0 Å². The van der Waals surface area contributed by atoms with Gasteiger partial charge in [0.05, 0.1) is 10.6 Å². The Balaban J connectivity index is 2.82. The molecule has 4 nitrogen and oxygen atoms in total. The first-order valence-electron chi connectivity index (χ1n) is 6.05. The highest BCUT2D eigenvalue weighted by Crippen LogP contribution is 2.20. The molecule has 0 aliphatic rings. The zero-order valence-corrected chi connectivity index (χ0v) is 12.1. The molecule has 0 aliphatic carbocycles. The van der Waals surface area contributed by atoms with Crippen LogP contribution in [0.5, 0.6) is 0 Å². The maximum absolute atomic E-state index is 12.1. The summed E-state index contributed by atoms with van der Waals surface area (Å²) in [7, 11) is 1.73. The van der Waals surface area contributed by atoms with E-state index in [4.69, 9.17) is 11.6 Å². The van der Waals surface area contributed by atoms with E-state index in [1.54, 1.807) is 13.1 Å². The number of aromatic nitrogens is 1. The van der Waals surface area contributed by atoms with Crippen LogP contribution in [0.15, 0.2) is 12.3 Å². The number of hydrogen-bond acceptors (Lipinski definition) is 3. The molecule has 0 aliphatic heterocycles. The summed E-state index contributed by atoms with van der Waals surface area (Å²) < 4.78 is 0. The fourth-order valence-electron chi connectivity index (χ4n) is 1.81. The van der Waals surface area contributed by atoms with E-state index in [0.717, 1.165) is 12.8 Å². The molecule has 1 amide bonds. The molecule has 0 radical (unpaired) electrons. The second-order valence-corrected chi connectivity index (χ2v) is 5.30. The van der Waals surface area contributed by atoms with Crippen LogP contribution in [0, 0.1) is 0 Å². The van der Waals surface area contributed by atoms with Crippen LogP contribution in [0.1, 0.15) is 44.0 Å². The van der Waals surface area contributed by atoms with Gasteiger partial charge >= 0.3 is 0 Å². The highest BCUT2D eigenvalue weighted by Gasteiger charge is 2.20. The highest BCUT2D eigenvalue weighted by molar-refractivity contribution is 6.33. The highest BCUT2D eigenvalue weighted by atomic mass is 35.5. The van der Waals surface area contributed by atoms with Gasteiger partial charge in [-0.25, -0.2) is 4.98 Å². The minimum Gasteiger partial charge on any atom is -0.372 e. The van der Waals surface area contributed by atoms with Crippen molar-refractivity contribution in [3.8, 4) is 0 Å². The number of rotatable bonds is 5. The molecule has 1 aromatic heterocycles. The maximum atomic E-state index is 12.1. The molecule has 100 valence electrons. The molecule has 1 heterocycles. The number of carbonyl (C=O) groups excluding carboxylic acids is 1. The Bertz CT molecular complexity index is 432. The van der Waals surface area contributed by atoms with Gasteiger partial charge in [-0.2, -0.15) is 0 Å². The van der Waals surface area contributed by atoms with Crippen LogP contribution >= 0.6 is 11.6 Å². The standard InChI is InChI=1S/C13H20ClN3O/c1-5-6-13(2,3)17-12(18)9-7-10(14)11(15-4)16-8-9/h7-8H,5-6H2,1-4H3,(H,15,16)(H,17,18). The third-order valence-electron chi connectivity index (χ3n) is 2.67. The molecule has 0 saturated carbocycles. The molecule has 0 aromatic carbocycles. The molecular weight excluding hydrogens is 250 g/mol. The van der Waals surface area contributed by atoms with Crippen molar-refractivity contribution >= 4 is 23.3 Å². The van der Waals surface area contributed by atoms with Gasteiger partial charge in [-0.3, -0.25) is 4.79 Å². The van der Waals surface area contributed by atoms with E-state index in [9.17, 15) is 4.79 Å². The largest absolute Gasteiger partial charge is 0.372 e. The third kappa shape index (κ3) is 3.88. The van der Waals surface area contributed by atoms with Gasteiger partial charge in [0.25, 0.3) is 5.91 Å². The second-order valence-electron chi connectivity index (χ2n) is 4.89. The molecule has 0 unspecified atom stereocenters. The van der Waals surface area contributed by atoms with Crippen LogP contribution in [0.3, 0.4) is 0 Å². The fraction of sp³-hybridized carbons (Fsp3) is 0.538. The fourth-order valence-corrected chi connectivity index (χ4v) is 2.07. The quantitative estimate of drug-likeness (QED) is 0.864. The van der Waals surface area contributed by atoms with Crippen molar-refractivity contribution in [1.82, 2.24) is 10.3 Å². The van der Waals surface area contributed by atoms with Crippen LogP contribution in [-0.4, -0.2) is 23.5 Å². The van der Waals surface area contributed by atoms with Gasteiger partial charge in [0.2, 0.25) is 0 Å². The zero-order chi connectivity index (χ0) is 13.8. The van der Waals surface area contributed by atoms with Crippen molar-refractivity contribution < 1.29 is 4.79 Å². The predicted molar refractivity (Wildman–Crippen MR) is 75.2 cm³/mol. The first kappa shape index (κ1) is 14.8. The molecule has 1 aromatic rings. The lowest BCUT2D eigenvalue weighted by atomic mass is 9.98. The molecule has 2 N–H and O–H groups in total. The monoisotopic (exact) mass is 269 g/mol. The minimum absolute atomic E-state index is 0.148. The van der Waals surface area contributed by atoms with Gasteiger partial charge in [-0.05, 0) is 26.3 Å². The molecule has 5 heteroatoms. The number of anilines is 1. The number of carbonyl (C=O) groups is 1. The maximum Gasteiger partial charge on any atom is 0.253 e. The van der Waals surface area contributed by atoms with E-state index in [2.05, 4.69) is 22.5 Å². The number of nitrogens with one attached hydrogen (secondary N) is 2. The number of halogens is 1. The van der Waals surface area contributed by atoms with Gasteiger partial charge in [0.1, 0.15) is 5.82 Å². The third-order valence-corrected chi connectivity index (χ3v) is 2.96. The molecule has 0 spiro atoms. The SMILES string of the molecule is CCCC(C)(C)NC(=O)c1cnc(NC)c(Cl)c1. The Morgan fingerprint density at radius 1 is 1.50 bits per heavy atom. The summed E-state index contributed by atoms with van der Waals surface area (Å²) in [5, 5.41) is 6.28. The van der Waals surface area contributed by atoms with Crippen molar-refractivity contribution in [2.75, 3.05) is 12.4 Å². The molecule has 18 heavy (non-hydrogen) atoms. The molecule has 0 atom stereocenters. The Hall–Kier alpha value is -1.29. The Morgan fingerprint density at radius 2 is 2.17 bits per heavy atom. The molecule has 0 bridgehead atoms. The number of pyridine rings is 1. The molecular formula is C13H20ClN3O. The zero-order valence-electron chi connectivity index (χ0n) is 11.3. The van der Waals surface area contributed by atoms with Crippen molar-refractivity contribution in [2.24, 2.45) is 0 Å². The summed E-state index contributed by atoms with van der Waals surface area (Å²) in [5.41, 5.74) is 0.253. The smallest absolute Gasteiger partial charge is 0.253 e. The predicted octanol–water partition coefficient (Wildman–Crippen LogP) is 3.09. The van der Waals surface area contributed by atoms with Gasteiger partial charge < -0.3 is 10.6 Å². The number of nitrogens with zero attached hydrogens (tertiary/aromatic N) is 1. The molecule has 0 saturated heterocycles. The Labute approximate surface area is 113 Å². The molecule has 0 fully saturated rings. The average molecular weight is 270 g/mol. The van der Waals surface area contributed by atoms with E-state index in [1.807, 2.05) is 13.8 Å². The van der Waals surface area contributed by atoms with E-state index in [-0.39, 0.29) is 11.4 Å². The van der Waals surface area contributed by atoms with Crippen LogP contribution in [0.25, 0.3) is 0 Å². The normalized spacial score (nSPS) is 11.2. The summed E-state index contributed by atoms with van der Waals surface area (Å²) in [6.45, 7) is 6.10. The number of amides is 1. The molecule has 1 rings (SSSR count). The first-order chi connectivity index (χ1) is 8.39. The van der Waals surface area contributed by atoms with Gasteiger partial charge in [0, 0.05) is 18.8 Å². The summed E-state index contributed by atoms with van der Waals surface area (Å²) in [6, 6.07) is 1.62. The topological polar surface area (TPSA) is 54.0 Å². The lowest BCUT2D eigenvalue weighted by Gasteiger charge is -2.25. The summed E-state index contributed by atoms with van der Waals surface area (Å²) in [4.78, 5) is 16.1. The first-order valence-corrected chi connectivity index (χ1v) is 6.43. The lowest BCUT2D eigenvalue weighted by Crippen LogP contribution is -2.43. The Morgan fingerprint density at radius 3 is 2.67 bits per heavy atom. The van der Waals surface area contributed by atoms with Gasteiger partial charge in [-0.1, -0.05) is 24.9 Å². The Kier molecular flexibility index (Phi) is 4.96. The minimum atomic E-state index is -0.222. The number of hydrogen-bond donors (Lipinski definition) is 2. The van der Waals surface area contributed by atoms with Crippen LogP contribution in [0.4, 0.5) is 5.82 Å². The van der Waals surface area contributed by atoms with Crippen molar-refractivity contribution in [2.45, 2.75) is 39.2 Å². The van der Waals surface area contributed by atoms with Gasteiger partial charge in [0.15, 0.2) is 0 Å². The summed E-state index contributed by atoms with van der Waals surface area (Å²) in [6.07, 6.45) is 3.47. The van der Waals surface area contributed by atoms with E-state index in [0.29, 0.717) is 16.4 Å². The van der Waals surface area contributed by atoms with Crippen LogP contribution in [0.2, 0.25) is 5.02 Å². The van der Waals surface area contributed by atoms with E-state index < -0.39 is 0 Å². The van der Waals surface area contributed by atoms with Crippen molar-refractivity contribution in [1.29, 1.82) is 0 Å². The lowest BCUT2D eigenvalue weighted by molar-refractivity contribution is 0.0908.